The van der Waals surface area contributed by atoms with E-state index in [1.807, 2.05) is 11.4 Å². The second kappa shape index (κ2) is 4.76. The molecule has 1 heterocycles. The number of rotatable bonds is 2. The van der Waals surface area contributed by atoms with Gasteiger partial charge in [0.2, 0.25) is 0 Å². The summed E-state index contributed by atoms with van der Waals surface area (Å²) < 4.78 is 1.14. The summed E-state index contributed by atoms with van der Waals surface area (Å²) in [4.78, 5) is 11.3. The first-order valence-corrected chi connectivity index (χ1v) is 7.26. The van der Waals surface area contributed by atoms with Crippen LogP contribution >= 0.6 is 11.3 Å². The van der Waals surface area contributed by atoms with Crippen LogP contribution in [0.1, 0.15) is 21.5 Å². The van der Waals surface area contributed by atoms with Crippen molar-refractivity contribution >= 4 is 27.4 Å². The lowest BCUT2D eigenvalue weighted by atomic mass is 9.98. The fourth-order valence-corrected chi connectivity index (χ4v) is 3.25. The van der Waals surface area contributed by atoms with Crippen LogP contribution in [0.2, 0.25) is 0 Å². The highest BCUT2D eigenvalue weighted by molar-refractivity contribution is 7.17. The molecule has 0 spiro atoms. The van der Waals surface area contributed by atoms with Crippen molar-refractivity contribution < 1.29 is 9.90 Å². The first-order valence-electron chi connectivity index (χ1n) is 6.38. The monoisotopic (exact) mass is 282 g/mol. The lowest BCUT2D eigenvalue weighted by Gasteiger charge is -2.08. The summed E-state index contributed by atoms with van der Waals surface area (Å²) >= 11 is 1.65. The molecular formula is C17H14O2S. The molecule has 3 heteroatoms. The summed E-state index contributed by atoms with van der Waals surface area (Å²) in [5, 5.41) is 12.2. The molecular weight excluding hydrogens is 268 g/mol. The van der Waals surface area contributed by atoms with Gasteiger partial charge in [-0.05, 0) is 59.5 Å². The molecule has 3 aromatic rings. The Labute approximate surface area is 121 Å². The van der Waals surface area contributed by atoms with Gasteiger partial charge in [-0.25, -0.2) is 4.79 Å². The summed E-state index contributed by atoms with van der Waals surface area (Å²) in [6, 6.07) is 11.7. The maximum Gasteiger partial charge on any atom is 0.335 e. The first kappa shape index (κ1) is 12.9. The smallest absolute Gasteiger partial charge is 0.335 e. The van der Waals surface area contributed by atoms with E-state index in [0.29, 0.717) is 5.56 Å². The Hall–Kier alpha value is -2.13. The number of aromatic carboxylic acids is 1. The van der Waals surface area contributed by atoms with Gasteiger partial charge in [0, 0.05) is 10.3 Å². The fourth-order valence-electron chi connectivity index (χ4n) is 2.33. The van der Waals surface area contributed by atoms with Crippen LogP contribution < -0.4 is 0 Å². The number of thiophene rings is 1. The topological polar surface area (TPSA) is 37.3 Å². The number of benzene rings is 2. The molecule has 0 unspecified atom stereocenters. The minimum atomic E-state index is -0.886. The van der Waals surface area contributed by atoms with Crippen molar-refractivity contribution in [3.8, 4) is 11.1 Å². The van der Waals surface area contributed by atoms with Gasteiger partial charge in [0.15, 0.2) is 0 Å². The van der Waals surface area contributed by atoms with E-state index in [2.05, 4.69) is 32.0 Å². The van der Waals surface area contributed by atoms with E-state index in [9.17, 15) is 9.90 Å². The van der Waals surface area contributed by atoms with E-state index in [1.165, 1.54) is 11.1 Å². The standard InChI is InChI=1S/C17H14O2S/c1-10-3-4-12(7-11(10)2)15-9-14(17(18)19)8-13-5-6-20-16(13)15/h3-9H,1-2H3,(H,18,19). The molecule has 0 aliphatic rings. The van der Waals surface area contributed by atoms with E-state index in [4.69, 9.17) is 0 Å². The summed E-state index contributed by atoms with van der Waals surface area (Å²) in [5.41, 5.74) is 4.87. The van der Waals surface area contributed by atoms with Crippen LogP contribution in [0.3, 0.4) is 0 Å². The molecule has 20 heavy (non-hydrogen) atoms. The maximum absolute atomic E-state index is 11.3. The summed E-state index contributed by atoms with van der Waals surface area (Å²) in [5.74, 6) is -0.886. The van der Waals surface area contributed by atoms with E-state index in [1.54, 1.807) is 23.5 Å². The third-order valence-electron chi connectivity index (χ3n) is 3.62. The van der Waals surface area contributed by atoms with Crippen molar-refractivity contribution in [1.82, 2.24) is 0 Å². The van der Waals surface area contributed by atoms with Crippen LogP contribution in [0, 0.1) is 13.8 Å². The van der Waals surface area contributed by atoms with Crippen LogP contribution in [0.15, 0.2) is 41.8 Å². The van der Waals surface area contributed by atoms with Crippen LogP contribution in [-0.2, 0) is 0 Å². The van der Waals surface area contributed by atoms with E-state index in [-0.39, 0.29) is 0 Å². The lowest BCUT2D eigenvalue weighted by molar-refractivity contribution is 0.0697. The third-order valence-corrected chi connectivity index (χ3v) is 4.58. The zero-order valence-electron chi connectivity index (χ0n) is 11.3. The Morgan fingerprint density at radius 1 is 1.05 bits per heavy atom. The van der Waals surface area contributed by atoms with Crippen molar-refractivity contribution in [3.05, 3.63) is 58.5 Å². The predicted octanol–water partition coefficient (Wildman–Crippen LogP) is 4.88. The second-order valence-electron chi connectivity index (χ2n) is 4.97. The molecule has 1 aromatic heterocycles. The number of carboxylic acid groups (broad SMARTS) is 1. The van der Waals surface area contributed by atoms with Gasteiger partial charge in [-0.15, -0.1) is 11.3 Å². The number of aryl methyl sites for hydroxylation is 2. The van der Waals surface area contributed by atoms with Gasteiger partial charge in [0.1, 0.15) is 0 Å². The van der Waals surface area contributed by atoms with Crippen LogP contribution in [0.5, 0.6) is 0 Å². The number of fused-ring (bicyclic) bond motifs is 1. The SMILES string of the molecule is Cc1ccc(-c2cc(C(=O)O)cc3ccsc23)cc1C. The molecule has 1 N–H and O–H groups in total. The summed E-state index contributed by atoms with van der Waals surface area (Å²) in [7, 11) is 0. The summed E-state index contributed by atoms with van der Waals surface area (Å²) in [6.45, 7) is 4.15. The van der Waals surface area contributed by atoms with Crippen molar-refractivity contribution in [2.45, 2.75) is 13.8 Å². The molecule has 100 valence electrons. The van der Waals surface area contributed by atoms with Gasteiger partial charge in [-0.3, -0.25) is 0 Å². The molecule has 0 saturated carbocycles. The second-order valence-corrected chi connectivity index (χ2v) is 5.88. The Morgan fingerprint density at radius 2 is 1.85 bits per heavy atom. The fraction of sp³-hybridized carbons (Fsp3) is 0.118. The molecule has 0 amide bonds. The Kier molecular flexibility index (Phi) is 3.07. The zero-order chi connectivity index (χ0) is 14.3. The highest BCUT2D eigenvalue weighted by Crippen LogP contribution is 2.34. The molecule has 2 aromatic carbocycles. The first-order chi connectivity index (χ1) is 9.56. The Bertz CT molecular complexity index is 815. The van der Waals surface area contributed by atoms with Gasteiger partial charge in [0.05, 0.1) is 5.56 Å². The Morgan fingerprint density at radius 3 is 2.55 bits per heavy atom. The molecule has 0 saturated heterocycles. The van der Waals surface area contributed by atoms with Crippen LogP contribution in [-0.4, -0.2) is 11.1 Å². The normalized spacial score (nSPS) is 10.9. The lowest BCUT2D eigenvalue weighted by Crippen LogP contribution is -1.96. The van der Waals surface area contributed by atoms with E-state index < -0.39 is 5.97 Å². The molecule has 3 rings (SSSR count). The molecule has 2 nitrogen and oxygen atoms in total. The summed E-state index contributed by atoms with van der Waals surface area (Å²) in [6.07, 6.45) is 0. The molecule has 0 aliphatic heterocycles. The van der Waals surface area contributed by atoms with Crippen molar-refractivity contribution in [1.29, 1.82) is 0 Å². The van der Waals surface area contributed by atoms with Crippen LogP contribution in [0.25, 0.3) is 21.2 Å². The highest BCUT2D eigenvalue weighted by Gasteiger charge is 2.12. The van der Waals surface area contributed by atoms with Crippen molar-refractivity contribution in [2.75, 3.05) is 0 Å². The van der Waals surface area contributed by atoms with Crippen LogP contribution in [0.4, 0.5) is 0 Å². The molecule has 0 bridgehead atoms. The molecule has 0 atom stereocenters. The minimum Gasteiger partial charge on any atom is -0.478 e. The quantitative estimate of drug-likeness (QED) is 0.727. The minimum absolute atomic E-state index is 0.337. The maximum atomic E-state index is 11.3. The number of hydrogen-bond acceptors (Lipinski definition) is 2. The number of carboxylic acids is 1. The number of carbonyl (C=O) groups is 1. The number of hydrogen-bond donors (Lipinski definition) is 1. The van der Waals surface area contributed by atoms with Crippen molar-refractivity contribution in [2.24, 2.45) is 0 Å². The molecule has 0 aliphatic carbocycles. The van der Waals surface area contributed by atoms with E-state index >= 15 is 0 Å². The predicted molar refractivity (Wildman–Crippen MR) is 83.7 cm³/mol. The van der Waals surface area contributed by atoms with Crippen molar-refractivity contribution in [3.63, 3.8) is 0 Å². The third kappa shape index (κ3) is 2.10. The van der Waals surface area contributed by atoms with Gasteiger partial charge in [-0.2, -0.15) is 0 Å². The van der Waals surface area contributed by atoms with Gasteiger partial charge < -0.3 is 5.11 Å². The highest BCUT2D eigenvalue weighted by atomic mass is 32.1. The van der Waals surface area contributed by atoms with E-state index in [0.717, 1.165) is 21.2 Å². The zero-order valence-corrected chi connectivity index (χ0v) is 12.1. The average molecular weight is 282 g/mol. The average Bonchev–Trinajstić information content (AvgIpc) is 2.89. The van der Waals surface area contributed by atoms with Gasteiger partial charge in [-0.1, -0.05) is 18.2 Å². The largest absolute Gasteiger partial charge is 0.478 e. The van der Waals surface area contributed by atoms with Gasteiger partial charge in [0.25, 0.3) is 0 Å². The Balaban J connectivity index is 2.30. The molecule has 0 fully saturated rings. The molecule has 0 radical (unpaired) electrons. The van der Waals surface area contributed by atoms with Gasteiger partial charge >= 0.3 is 5.97 Å².